The average Bonchev–Trinajstić information content (AvgIpc) is 3.19. The minimum absolute atomic E-state index is 0.102. The van der Waals surface area contributed by atoms with E-state index in [1.165, 1.54) is 47.7 Å². The van der Waals surface area contributed by atoms with E-state index < -0.39 is 0 Å². The maximum absolute atomic E-state index is 6.18. The third-order valence-electron chi connectivity index (χ3n) is 4.35. The second-order valence-corrected chi connectivity index (χ2v) is 6.88. The van der Waals surface area contributed by atoms with E-state index in [4.69, 9.17) is 15.5 Å². The molecule has 2 fully saturated rings. The van der Waals surface area contributed by atoms with Crippen LogP contribution in [0.5, 0.6) is 0 Å². The lowest BCUT2D eigenvalue weighted by molar-refractivity contribution is -0.0705. The number of nitrogens with zero attached hydrogens (tertiary/aromatic N) is 1. The van der Waals surface area contributed by atoms with Crippen LogP contribution >= 0.6 is 11.3 Å². The van der Waals surface area contributed by atoms with Crippen LogP contribution in [0.15, 0.2) is 0 Å². The van der Waals surface area contributed by atoms with E-state index in [9.17, 15) is 0 Å². The molecule has 2 saturated carbocycles. The van der Waals surface area contributed by atoms with E-state index >= 15 is 0 Å². The van der Waals surface area contributed by atoms with Crippen molar-refractivity contribution in [2.75, 3.05) is 6.61 Å². The largest absolute Gasteiger partial charge is 0.368 e. The van der Waals surface area contributed by atoms with Crippen LogP contribution in [0.2, 0.25) is 0 Å². The highest BCUT2D eigenvalue weighted by atomic mass is 32.1. The van der Waals surface area contributed by atoms with E-state index in [1.807, 2.05) is 11.3 Å². The number of hydrogen-bond acceptors (Lipinski definition) is 4. The van der Waals surface area contributed by atoms with Gasteiger partial charge in [-0.1, -0.05) is 19.3 Å². The Labute approximate surface area is 119 Å². The molecule has 0 atom stereocenters. The number of rotatable bonds is 5. The molecule has 1 heterocycles. The fourth-order valence-corrected chi connectivity index (χ4v) is 4.43. The Morgan fingerprint density at radius 1 is 1.32 bits per heavy atom. The molecule has 0 amide bonds. The van der Waals surface area contributed by atoms with Crippen molar-refractivity contribution in [2.45, 2.75) is 69.9 Å². The smallest absolute Gasteiger partial charge is 0.125 e. The average molecular weight is 280 g/mol. The van der Waals surface area contributed by atoms with Crippen molar-refractivity contribution >= 4 is 11.3 Å². The summed E-state index contributed by atoms with van der Waals surface area (Å²) in [5, 5.41) is 1.20. The molecule has 0 bridgehead atoms. The summed E-state index contributed by atoms with van der Waals surface area (Å²) in [4.78, 5) is 6.26. The molecule has 3 rings (SSSR count). The molecular weight excluding hydrogens is 256 g/mol. The normalized spacial score (nSPS) is 22.6. The van der Waals surface area contributed by atoms with E-state index in [1.54, 1.807) is 0 Å². The van der Waals surface area contributed by atoms with Gasteiger partial charge in [-0.3, -0.25) is 0 Å². The molecule has 3 nitrogen and oxygen atoms in total. The standard InChI is InChI=1S/C15H24N2OS/c1-2-18-15(8-4-3-5-9-15)14-17-13(11-6-7-11)12(10-16)19-14/h11H,2-10,16H2,1H3. The molecular formula is C15H24N2OS. The van der Waals surface area contributed by atoms with Gasteiger partial charge in [-0.05, 0) is 32.6 Å². The predicted molar refractivity (Wildman–Crippen MR) is 78.4 cm³/mol. The molecule has 0 unspecified atom stereocenters. The summed E-state index contributed by atoms with van der Waals surface area (Å²) < 4.78 is 6.18. The van der Waals surface area contributed by atoms with Gasteiger partial charge in [0.15, 0.2) is 0 Å². The molecule has 0 aromatic carbocycles. The first-order valence-corrected chi connectivity index (χ1v) is 8.45. The Morgan fingerprint density at radius 3 is 2.63 bits per heavy atom. The number of ether oxygens (including phenoxy) is 1. The van der Waals surface area contributed by atoms with Crippen LogP contribution in [0.3, 0.4) is 0 Å². The molecule has 106 valence electrons. The molecule has 0 aliphatic heterocycles. The summed E-state index contributed by atoms with van der Waals surface area (Å²) >= 11 is 1.81. The third kappa shape index (κ3) is 2.58. The van der Waals surface area contributed by atoms with Gasteiger partial charge in [0.05, 0.1) is 5.69 Å². The molecule has 1 aromatic heterocycles. The molecule has 0 radical (unpaired) electrons. The van der Waals surface area contributed by atoms with Crippen molar-refractivity contribution in [1.82, 2.24) is 4.98 Å². The van der Waals surface area contributed by atoms with Crippen molar-refractivity contribution in [1.29, 1.82) is 0 Å². The van der Waals surface area contributed by atoms with Crippen LogP contribution in [0.1, 0.15) is 73.4 Å². The minimum atomic E-state index is -0.102. The second kappa shape index (κ2) is 5.51. The Hall–Kier alpha value is -0.450. The van der Waals surface area contributed by atoms with Gasteiger partial charge in [-0.25, -0.2) is 4.98 Å². The maximum Gasteiger partial charge on any atom is 0.125 e. The van der Waals surface area contributed by atoms with Gasteiger partial charge in [0.2, 0.25) is 0 Å². The van der Waals surface area contributed by atoms with Gasteiger partial charge in [0, 0.05) is 23.9 Å². The Bertz CT molecular complexity index is 428. The lowest BCUT2D eigenvalue weighted by Gasteiger charge is -2.35. The zero-order valence-electron chi connectivity index (χ0n) is 11.8. The summed E-state index contributed by atoms with van der Waals surface area (Å²) in [5.41, 5.74) is 7.09. The molecule has 2 N–H and O–H groups in total. The SMILES string of the molecule is CCOC1(c2nc(C3CC3)c(CN)s2)CCCCC1. The van der Waals surface area contributed by atoms with Crippen LogP contribution in [0, 0.1) is 0 Å². The Kier molecular flexibility index (Phi) is 3.92. The summed E-state index contributed by atoms with van der Waals surface area (Å²) in [6.45, 7) is 3.50. The zero-order valence-corrected chi connectivity index (χ0v) is 12.6. The van der Waals surface area contributed by atoms with Gasteiger partial charge in [-0.15, -0.1) is 11.3 Å². The molecule has 1 aromatic rings. The topological polar surface area (TPSA) is 48.1 Å². The summed E-state index contributed by atoms with van der Waals surface area (Å²) in [7, 11) is 0. The van der Waals surface area contributed by atoms with E-state index in [0.29, 0.717) is 12.5 Å². The van der Waals surface area contributed by atoms with Crippen LogP contribution < -0.4 is 5.73 Å². The molecule has 19 heavy (non-hydrogen) atoms. The first-order valence-electron chi connectivity index (χ1n) is 7.63. The molecule has 0 saturated heterocycles. The quantitative estimate of drug-likeness (QED) is 0.895. The summed E-state index contributed by atoms with van der Waals surface area (Å²) in [6.07, 6.45) is 8.69. The molecule has 4 heteroatoms. The number of aromatic nitrogens is 1. The van der Waals surface area contributed by atoms with Crippen LogP contribution in [-0.2, 0) is 16.9 Å². The van der Waals surface area contributed by atoms with Crippen LogP contribution in [-0.4, -0.2) is 11.6 Å². The fraction of sp³-hybridized carbons (Fsp3) is 0.800. The number of nitrogens with two attached hydrogens (primary N) is 1. The van der Waals surface area contributed by atoms with E-state index in [-0.39, 0.29) is 5.60 Å². The van der Waals surface area contributed by atoms with Crippen molar-refractivity contribution in [3.05, 3.63) is 15.6 Å². The van der Waals surface area contributed by atoms with Crippen molar-refractivity contribution < 1.29 is 4.74 Å². The Balaban J connectivity index is 1.93. The second-order valence-electron chi connectivity index (χ2n) is 5.79. The van der Waals surface area contributed by atoms with Gasteiger partial charge in [0.25, 0.3) is 0 Å². The third-order valence-corrected chi connectivity index (χ3v) is 5.63. The minimum Gasteiger partial charge on any atom is -0.368 e. The van der Waals surface area contributed by atoms with E-state index in [2.05, 4.69) is 6.92 Å². The highest BCUT2D eigenvalue weighted by Crippen LogP contribution is 2.47. The lowest BCUT2D eigenvalue weighted by Crippen LogP contribution is -2.32. The molecule has 2 aliphatic rings. The van der Waals surface area contributed by atoms with Gasteiger partial charge < -0.3 is 10.5 Å². The first kappa shape index (κ1) is 13.5. The summed E-state index contributed by atoms with van der Waals surface area (Å²) in [6, 6.07) is 0. The Morgan fingerprint density at radius 2 is 2.05 bits per heavy atom. The van der Waals surface area contributed by atoms with Crippen LogP contribution in [0.4, 0.5) is 0 Å². The van der Waals surface area contributed by atoms with Gasteiger partial charge in [0.1, 0.15) is 10.6 Å². The zero-order chi connectivity index (χ0) is 13.3. The highest BCUT2D eigenvalue weighted by molar-refractivity contribution is 7.11. The van der Waals surface area contributed by atoms with Crippen molar-refractivity contribution in [2.24, 2.45) is 5.73 Å². The van der Waals surface area contributed by atoms with Crippen LogP contribution in [0.25, 0.3) is 0 Å². The van der Waals surface area contributed by atoms with Gasteiger partial charge in [-0.2, -0.15) is 0 Å². The fourth-order valence-electron chi connectivity index (χ4n) is 3.20. The maximum atomic E-state index is 6.18. The number of hydrogen-bond donors (Lipinski definition) is 1. The molecule has 2 aliphatic carbocycles. The lowest BCUT2D eigenvalue weighted by atomic mass is 9.85. The van der Waals surface area contributed by atoms with Gasteiger partial charge >= 0.3 is 0 Å². The summed E-state index contributed by atoms with van der Waals surface area (Å²) in [5.74, 6) is 0.686. The monoisotopic (exact) mass is 280 g/mol. The number of thiazole rings is 1. The predicted octanol–water partition coefficient (Wildman–Crippen LogP) is 3.68. The molecule has 0 spiro atoms. The van der Waals surface area contributed by atoms with Crippen molar-refractivity contribution in [3.63, 3.8) is 0 Å². The van der Waals surface area contributed by atoms with Crippen molar-refractivity contribution in [3.8, 4) is 0 Å². The first-order chi connectivity index (χ1) is 9.29. The van der Waals surface area contributed by atoms with E-state index in [0.717, 1.165) is 19.4 Å². The highest BCUT2D eigenvalue weighted by Gasteiger charge is 2.39.